The Kier molecular flexibility index (Phi) is 4.96. The van der Waals surface area contributed by atoms with Gasteiger partial charge < -0.3 is 9.84 Å². The van der Waals surface area contributed by atoms with E-state index >= 15 is 0 Å². The quantitative estimate of drug-likeness (QED) is 0.664. The van der Waals surface area contributed by atoms with Gasteiger partial charge in [0.2, 0.25) is 17.6 Å². The van der Waals surface area contributed by atoms with Crippen LogP contribution in [0, 0.1) is 15.5 Å². The maximum Gasteiger partial charge on any atom is 0.269 e. The molecule has 0 fully saturated rings. The van der Waals surface area contributed by atoms with Crippen LogP contribution in [0.3, 0.4) is 0 Å². The number of nitro benzene ring substituents is 1. The van der Waals surface area contributed by atoms with Crippen molar-refractivity contribution in [2.24, 2.45) is 5.41 Å². The fourth-order valence-corrected chi connectivity index (χ4v) is 2.10. The highest BCUT2D eigenvalue weighted by Crippen LogP contribution is 2.22. The minimum absolute atomic E-state index is 0.00900. The third-order valence-electron chi connectivity index (χ3n) is 3.22. The number of amides is 1. The van der Waals surface area contributed by atoms with E-state index in [0.717, 1.165) is 0 Å². The van der Waals surface area contributed by atoms with Crippen LogP contribution in [-0.2, 0) is 4.79 Å². The van der Waals surface area contributed by atoms with Crippen molar-refractivity contribution in [1.82, 2.24) is 15.5 Å². The van der Waals surface area contributed by atoms with Crippen molar-refractivity contribution in [3.8, 4) is 11.4 Å². The predicted octanol–water partition coefficient (Wildman–Crippen LogP) is 3.26. The lowest BCUT2D eigenvalue weighted by molar-refractivity contribution is -0.384. The van der Waals surface area contributed by atoms with E-state index in [1.807, 2.05) is 20.8 Å². The number of aromatic nitrogens is 2. The number of hydrogen-bond acceptors (Lipinski definition) is 6. The van der Waals surface area contributed by atoms with Gasteiger partial charge in [-0.1, -0.05) is 25.9 Å². The molecule has 1 atom stereocenters. The molecule has 0 spiro atoms. The van der Waals surface area contributed by atoms with Gasteiger partial charge in [0.1, 0.15) is 6.04 Å². The minimum atomic E-state index is -0.474. The van der Waals surface area contributed by atoms with Crippen LogP contribution in [-0.4, -0.2) is 21.0 Å². The van der Waals surface area contributed by atoms with E-state index in [1.165, 1.54) is 12.1 Å². The molecule has 1 N–H and O–H groups in total. The minimum Gasteiger partial charge on any atom is -0.345 e. The molecule has 0 aliphatic rings. The van der Waals surface area contributed by atoms with Crippen LogP contribution in [0.5, 0.6) is 0 Å². The second-order valence-corrected chi connectivity index (χ2v) is 6.79. The van der Waals surface area contributed by atoms with E-state index in [9.17, 15) is 14.9 Å². The van der Waals surface area contributed by atoms with Gasteiger partial charge in [-0.05, 0) is 24.5 Å². The average Bonchev–Trinajstić information content (AvgIpc) is 2.95. The van der Waals surface area contributed by atoms with Crippen molar-refractivity contribution in [1.29, 1.82) is 0 Å². The Morgan fingerprint density at radius 1 is 1.33 bits per heavy atom. The van der Waals surface area contributed by atoms with Gasteiger partial charge in [-0.2, -0.15) is 4.98 Å². The summed E-state index contributed by atoms with van der Waals surface area (Å²) in [7, 11) is 0. The molecule has 0 aliphatic heterocycles. The van der Waals surface area contributed by atoms with Crippen LogP contribution in [0.1, 0.15) is 46.0 Å². The van der Waals surface area contributed by atoms with Gasteiger partial charge in [-0.15, -0.1) is 0 Å². The van der Waals surface area contributed by atoms with Crippen LogP contribution in [0.15, 0.2) is 28.8 Å². The second-order valence-electron chi connectivity index (χ2n) is 6.79. The van der Waals surface area contributed by atoms with Crippen LogP contribution >= 0.6 is 0 Å². The van der Waals surface area contributed by atoms with Crippen LogP contribution in [0.2, 0.25) is 0 Å². The Bertz CT molecular complexity index is 731. The maximum absolute atomic E-state index is 12.0. The van der Waals surface area contributed by atoms with Crippen molar-refractivity contribution in [3.05, 3.63) is 40.3 Å². The topological polar surface area (TPSA) is 111 Å². The van der Waals surface area contributed by atoms with Gasteiger partial charge in [0.25, 0.3) is 5.69 Å². The van der Waals surface area contributed by atoms with Crippen molar-refractivity contribution in [2.45, 2.75) is 40.2 Å². The number of rotatable bonds is 5. The largest absolute Gasteiger partial charge is 0.345 e. The monoisotopic (exact) mass is 332 g/mol. The highest BCUT2D eigenvalue weighted by atomic mass is 16.6. The van der Waals surface area contributed by atoms with Gasteiger partial charge in [-0.25, -0.2) is 0 Å². The molecule has 1 amide bonds. The Hall–Kier alpha value is -2.77. The van der Waals surface area contributed by atoms with Gasteiger partial charge in [0.05, 0.1) is 4.92 Å². The van der Waals surface area contributed by atoms with Crippen molar-refractivity contribution < 1.29 is 14.2 Å². The zero-order valence-electron chi connectivity index (χ0n) is 14.1. The normalized spacial score (nSPS) is 12.7. The van der Waals surface area contributed by atoms with Crippen LogP contribution in [0.4, 0.5) is 5.69 Å². The molecule has 1 aromatic carbocycles. The van der Waals surface area contributed by atoms with E-state index in [2.05, 4.69) is 15.5 Å². The van der Waals surface area contributed by atoms with E-state index < -0.39 is 11.0 Å². The van der Waals surface area contributed by atoms with E-state index in [4.69, 9.17) is 4.52 Å². The molecule has 8 nitrogen and oxygen atoms in total. The maximum atomic E-state index is 12.0. The predicted molar refractivity (Wildman–Crippen MR) is 87.0 cm³/mol. The molecule has 1 aromatic heterocycles. The summed E-state index contributed by atoms with van der Waals surface area (Å²) in [4.78, 5) is 26.4. The first kappa shape index (κ1) is 17.6. The molecule has 24 heavy (non-hydrogen) atoms. The summed E-state index contributed by atoms with van der Waals surface area (Å²) in [6.07, 6.45) is 0.390. The third kappa shape index (κ3) is 4.61. The lowest BCUT2D eigenvalue weighted by atomic mass is 9.92. The van der Waals surface area contributed by atoms with Crippen molar-refractivity contribution >= 4 is 11.6 Å². The molecule has 0 radical (unpaired) electrons. The van der Waals surface area contributed by atoms with Crippen LogP contribution < -0.4 is 5.32 Å². The lowest BCUT2D eigenvalue weighted by Gasteiger charge is -2.18. The number of carbonyl (C=O) groups excluding carboxylic acids is 1. The number of non-ortho nitro benzene ring substituents is 1. The average molecular weight is 332 g/mol. The Balaban J connectivity index is 2.06. The van der Waals surface area contributed by atoms with E-state index in [1.54, 1.807) is 19.1 Å². The molecule has 0 bridgehead atoms. The Morgan fingerprint density at radius 2 is 1.96 bits per heavy atom. The van der Waals surface area contributed by atoms with Gasteiger partial charge in [0.15, 0.2) is 0 Å². The van der Waals surface area contributed by atoms with Gasteiger partial charge in [-0.3, -0.25) is 14.9 Å². The van der Waals surface area contributed by atoms with Crippen LogP contribution in [0.25, 0.3) is 11.4 Å². The zero-order chi connectivity index (χ0) is 17.9. The summed E-state index contributed by atoms with van der Waals surface area (Å²) in [6, 6.07) is 5.43. The van der Waals surface area contributed by atoms with Gasteiger partial charge in [0, 0.05) is 24.1 Å². The molecule has 0 aliphatic carbocycles. The molecule has 0 saturated heterocycles. The number of hydrogen-bond donors (Lipinski definition) is 1. The van der Waals surface area contributed by atoms with E-state index in [-0.39, 0.29) is 22.9 Å². The Morgan fingerprint density at radius 3 is 2.50 bits per heavy atom. The number of nitro groups is 1. The number of nitrogens with one attached hydrogen (secondary N) is 1. The molecule has 128 valence electrons. The molecular formula is C16H20N4O4. The summed E-state index contributed by atoms with van der Waals surface area (Å²) in [6.45, 7) is 7.71. The van der Waals surface area contributed by atoms with Crippen molar-refractivity contribution in [3.63, 3.8) is 0 Å². The highest BCUT2D eigenvalue weighted by molar-refractivity contribution is 5.76. The molecular weight excluding hydrogens is 312 g/mol. The Labute approximate surface area is 139 Å². The molecule has 0 saturated carbocycles. The van der Waals surface area contributed by atoms with Gasteiger partial charge >= 0.3 is 0 Å². The molecule has 8 heteroatoms. The fraction of sp³-hybridized carbons (Fsp3) is 0.438. The van der Waals surface area contributed by atoms with Crippen molar-refractivity contribution in [2.75, 3.05) is 0 Å². The standard InChI is InChI=1S/C16H20N4O4/c1-10(17-13(21)9-16(2,3)4)15-18-14(19-24-15)11-5-7-12(8-6-11)20(22)23/h5-8,10H,9H2,1-4H3,(H,17,21). The summed E-state index contributed by atoms with van der Waals surface area (Å²) in [5.41, 5.74) is 0.483. The summed E-state index contributed by atoms with van der Waals surface area (Å²) >= 11 is 0. The smallest absolute Gasteiger partial charge is 0.269 e. The first-order valence-electron chi connectivity index (χ1n) is 7.53. The third-order valence-corrected chi connectivity index (χ3v) is 3.22. The number of nitrogens with zero attached hydrogens (tertiary/aromatic N) is 3. The zero-order valence-corrected chi connectivity index (χ0v) is 14.1. The first-order valence-corrected chi connectivity index (χ1v) is 7.53. The highest BCUT2D eigenvalue weighted by Gasteiger charge is 2.21. The summed E-state index contributed by atoms with van der Waals surface area (Å²) in [5, 5.41) is 17.3. The number of carbonyl (C=O) groups is 1. The molecule has 2 aromatic rings. The first-order chi connectivity index (χ1) is 11.2. The molecule has 1 unspecified atom stereocenters. The molecule has 2 rings (SSSR count). The fourth-order valence-electron chi connectivity index (χ4n) is 2.10. The number of benzene rings is 1. The summed E-state index contributed by atoms with van der Waals surface area (Å²) < 4.78 is 5.18. The molecule has 1 heterocycles. The second kappa shape index (κ2) is 6.77. The SMILES string of the molecule is CC(NC(=O)CC(C)(C)C)c1nc(-c2ccc([N+](=O)[O-])cc2)no1. The van der Waals surface area contributed by atoms with E-state index in [0.29, 0.717) is 17.8 Å². The lowest BCUT2D eigenvalue weighted by Crippen LogP contribution is -2.30. The summed E-state index contributed by atoms with van der Waals surface area (Å²) in [5.74, 6) is 0.507.